The summed E-state index contributed by atoms with van der Waals surface area (Å²) in [4.78, 5) is 4.74. The highest BCUT2D eigenvalue weighted by atomic mass is 35.5. The van der Waals surface area contributed by atoms with E-state index >= 15 is 0 Å². The van der Waals surface area contributed by atoms with E-state index in [1.54, 1.807) is 0 Å². The van der Waals surface area contributed by atoms with Crippen LogP contribution in [0.1, 0.15) is 24.8 Å². The lowest BCUT2D eigenvalue weighted by Crippen LogP contribution is -2.44. The van der Waals surface area contributed by atoms with Gasteiger partial charge in [-0.25, -0.2) is 0 Å². The Bertz CT molecular complexity index is 753. The second kappa shape index (κ2) is 7.41. The summed E-state index contributed by atoms with van der Waals surface area (Å²) >= 11 is 6.21. The second-order valence-electron chi connectivity index (χ2n) is 7.59. The summed E-state index contributed by atoms with van der Waals surface area (Å²) in [5.74, 6) is 0.856. The van der Waals surface area contributed by atoms with Crippen molar-refractivity contribution in [3.05, 3.63) is 47.1 Å². The molecule has 1 aromatic heterocycles. The van der Waals surface area contributed by atoms with E-state index < -0.39 is 0 Å². The second-order valence-corrected chi connectivity index (χ2v) is 8.02. The molecule has 2 heterocycles. The molecule has 4 rings (SSSR count). The molecule has 1 aliphatic heterocycles. The van der Waals surface area contributed by atoms with E-state index in [0.29, 0.717) is 0 Å². The minimum Gasteiger partial charge on any atom is -0.368 e. The average molecular weight is 372 g/mol. The SMILES string of the molecule is CN1CCN(c2cnnc(NCC3(c4cccc(Cl)c4)CCC3)c2)CC1. The van der Waals surface area contributed by atoms with Gasteiger partial charge in [0.05, 0.1) is 11.9 Å². The van der Waals surface area contributed by atoms with Crippen LogP contribution < -0.4 is 10.2 Å². The van der Waals surface area contributed by atoms with Crippen molar-refractivity contribution in [3.8, 4) is 0 Å². The molecule has 1 N–H and O–H groups in total. The summed E-state index contributed by atoms with van der Waals surface area (Å²) in [6.07, 6.45) is 5.51. The van der Waals surface area contributed by atoms with Gasteiger partial charge in [0, 0.05) is 49.2 Å². The first-order valence-corrected chi connectivity index (χ1v) is 9.79. The first-order chi connectivity index (χ1) is 12.6. The fourth-order valence-electron chi connectivity index (χ4n) is 3.93. The van der Waals surface area contributed by atoms with Crippen molar-refractivity contribution in [1.29, 1.82) is 0 Å². The quantitative estimate of drug-likeness (QED) is 0.872. The first kappa shape index (κ1) is 17.6. The van der Waals surface area contributed by atoms with Crippen LogP contribution >= 0.6 is 11.6 Å². The van der Waals surface area contributed by atoms with Gasteiger partial charge in [-0.2, -0.15) is 5.10 Å². The Morgan fingerprint density at radius 2 is 1.96 bits per heavy atom. The molecule has 0 amide bonds. The summed E-state index contributed by atoms with van der Waals surface area (Å²) in [6.45, 7) is 5.11. The number of hydrogen-bond donors (Lipinski definition) is 1. The standard InChI is InChI=1S/C20H26ClN5/c1-25-8-10-26(11-9-25)18-13-19(24-23-14-18)22-15-20(6-3-7-20)16-4-2-5-17(21)12-16/h2,4-5,12-14H,3,6-11,15H2,1H3,(H,22,24). The van der Waals surface area contributed by atoms with Gasteiger partial charge in [-0.1, -0.05) is 30.2 Å². The van der Waals surface area contributed by atoms with E-state index in [1.807, 2.05) is 18.3 Å². The van der Waals surface area contributed by atoms with E-state index in [-0.39, 0.29) is 5.41 Å². The van der Waals surface area contributed by atoms with Gasteiger partial charge in [0.15, 0.2) is 5.82 Å². The maximum Gasteiger partial charge on any atom is 0.150 e. The lowest BCUT2D eigenvalue weighted by atomic mass is 9.64. The summed E-state index contributed by atoms with van der Waals surface area (Å²) in [6, 6.07) is 10.4. The highest BCUT2D eigenvalue weighted by molar-refractivity contribution is 6.30. The van der Waals surface area contributed by atoms with E-state index in [1.165, 1.54) is 24.8 Å². The van der Waals surface area contributed by atoms with Crippen LogP contribution in [0.15, 0.2) is 36.5 Å². The molecule has 6 heteroatoms. The number of nitrogens with one attached hydrogen (secondary N) is 1. The van der Waals surface area contributed by atoms with E-state index in [9.17, 15) is 0 Å². The maximum absolute atomic E-state index is 6.21. The Morgan fingerprint density at radius 1 is 1.15 bits per heavy atom. The van der Waals surface area contributed by atoms with Gasteiger partial charge >= 0.3 is 0 Å². The molecule has 2 fully saturated rings. The molecule has 0 bridgehead atoms. The molecule has 138 valence electrons. The summed E-state index contributed by atoms with van der Waals surface area (Å²) in [5.41, 5.74) is 2.64. The number of rotatable bonds is 5. The van der Waals surface area contributed by atoms with Gasteiger partial charge in [0.1, 0.15) is 0 Å². The fourth-order valence-corrected chi connectivity index (χ4v) is 4.12. The van der Waals surface area contributed by atoms with Crippen molar-refractivity contribution in [2.45, 2.75) is 24.7 Å². The molecule has 2 aliphatic rings. The molecule has 1 saturated carbocycles. The summed E-state index contributed by atoms with van der Waals surface area (Å²) in [5, 5.41) is 12.9. The molecule has 1 aromatic carbocycles. The lowest BCUT2D eigenvalue weighted by Gasteiger charge is -2.43. The van der Waals surface area contributed by atoms with Crippen molar-refractivity contribution in [1.82, 2.24) is 15.1 Å². The Kier molecular flexibility index (Phi) is 5.00. The Balaban J connectivity index is 1.45. The molecule has 2 aromatic rings. The molecular formula is C20H26ClN5. The zero-order valence-electron chi connectivity index (χ0n) is 15.3. The third-order valence-electron chi connectivity index (χ3n) is 5.86. The highest BCUT2D eigenvalue weighted by Crippen LogP contribution is 2.44. The molecule has 0 atom stereocenters. The number of aromatic nitrogens is 2. The van der Waals surface area contributed by atoms with Gasteiger partial charge in [-0.15, -0.1) is 5.10 Å². The third kappa shape index (κ3) is 3.64. The Morgan fingerprint density at radius 3 is 2.65 bits per heavy atom. The molecule has 1 aliphatic carbocycles. The van der Waals surface area contributed by atoms with Crippen molar-refractivity contribution < 1.29 is 0 Å². The number of likely N-dealkylation sites (N-methyl/N-ethyl adjacent to an activating group) is 1. The van der Waals surface area contributed by atoms with Crippen molar-refractivity contribution in [2.24, 2.45) is 0 Å². The largest absolute Gasteiger partial charge is 0.368 e. The molecule has 0 radical (unpaired) electrons. The number of nitrogens with zero attached hydrogens (tertiary/aromatic N) is 4. The van der Waals surface area contributed by atoms with Crippen LogP contribution in [0.25, 0.3) is 0 Å². The van der Waals surface area contributed by atoms with Gasteiger partial charge in [0.25, 0.3) is 0 Å². The number of halogens is 1. The number of piperazine rings is 1. The molecular weight excluding hydrogens is 346 g/mol. The minimum absolute atomic E-state index is 0.163. The Labute approximate surface area is 160 Å². The first-order valence-electron chi connectivity index (χ1n) is 9.41. The van der Waals surface area contributed by atoms with E-state index in [4.69, 9.17) is 11.6 Å². The molecule has 0 spiro atoms. The lowest BCUT2D eigenvalue weighted by molar-refractivity contribution is 0.260. The van der Waals surface area contributed by atoms with Crippen molar-refractivity contribution in [3.63, 3.8) is 0 Å². The summed E-state index contributed by atoms with van der Waals surface area (Å²) < 4.78 is 0. The molecule has 5 nitrogen and oxygen atoms in total. The normalized spacial score (nSPS) is 19.8. The monoisotopic (exact) mass is 371 g/mol. The average Bonchev–Trinajstić information content (AvgIpc) is 2.62. The summed E-state index contributed by atoms with van der Waals surface area (Å²) in [7, 11) is 2.17. The number of anilines is 2. The van der Waals surface area contributed by atoms with Gasteiger partial charge in [-0.3, -0.25) is 0 Å². The topological polar surface area (TPSA) is 44.3 Å². The van der Waals surface area contributed by atoms with Crippen molar-refractivity contribution >= 4 is 23.1 Å². The molecule has 1 saturated heterocycles. The zero-order chi connectivity index (χ0) is 18.0. The fraction of sp³-hybridized carbons (Fsp3) is 0.500. The van der Waals surface area contributed by atoms with Crippen LogP contribution in [-0.4, -0.2) is 54.9 Å². The van der Waals surface area contributed by atoms with E-state index in [0.717, 1.165) is 49.3 Å². The van der Waals surface area contributed by atoms with Crippen LogP contribution in [0.4, 0.5) is 11.5 Å². The minimum atomic E-state index is 0.163. The number of hydrogen-bond acceptors (Lipinski definition) is 5. The smallest absolute Gasteiger partial charge is 0.150 e. The maximum atomic E-state index is 6.21. The van der Waals surface area contributed by atoms with Crippen LogP contribution in [0.3, 0.4) is 0 Å². The Hall–Kier alpha value is -1.85. The van der Waals surface area contributed by atoms with Crippen LogP contribution in [-0.2, 0) is 5.41 Å². The van der Waals surface area contributed by atoms with Gasteiger partial charge in [0.2, 0.25) is 0 Å². The zero-order valence-corrected chi connectivity index (χ0v) is 16.0. The van der Waals surface area contributed by atoms with E-state index in [2.05, 4.69) is 50.6 Å². The molecule has 0 unspecified atom stereocenters. The number of benzene rings is 1. The van der Waals surface area contributed by atoms with Gasteiger partial charge < -0.3 is 15.1 Å². The molecule has 26 heavy (non-hydrogen) atoms. The van der Waals surface area contributed by atoms with Crippen LogP contribution in [0.2, 0.25) is 5.02 Å². The van der Waals surface area contributed by atoms with Gasteiger partial charge in [-0.05, 0) is 37.6 Å². The highest BCUT2D eigenvalue weighted by Gasteiger charge is 2.38. The third-order valence-corrected chi connectivity index (χ3v) is 6.10. The predicted octanol–water partition coefficient (Wildman–Crippen LogP) is 3.42. The van der Waals surface area contributed by atoms with Crippen LogP contribution in [0, 0.1) is 0 Å². The predicted molar refractivity (Wildman–Crippen MR) is 107 cm³/mol. The van der Waals surface area contributed by atoms with Crippen LogP contribution in [0.5, 0.6) is 0 Å². The van der Waals surface area contributed by atoms with Crippen molar-refractivity contribution in [2.75, 3.05) is 50.0 Å².